The van der Waals surface area contributed by atoms with Crippen LogP contribution in [0, 0.1) is 0 Å². The van der Waals surface area contributed by atoms with Gasteiger partial charge in [-0.15, -0.1) is 0 Å². The average Bonchev–Trinajstić information content (AvgIpc) is 2.94. The molecule has 3 heterocycles. The van der Waals surface area contributed by atoms with E-state index in [4.69, 9.17) is 10.5 Å². The van der Waals surface area contributed by atoms with Gasteiger partial charge in [-0.3, -0.25) is 9.25 Å². The Hall–Kier alpha value is -2.57. The quantitative estimate of drug-likeness (QED) is 0.751. The van der Waals surface area contributed by atoms with Crippen LogP contribution in [0.5, 0.6) is 5.88 Å². The molecule has 3 aromatic heterocycles. The van der Waals surface area contributed by atoms with Gasteiger partial charge in [-0.25, -0.2) is 4.98 Å². The molecule has 0 atom stereocenters. The summed E-state index contributed by atoms with van der Waals surface area (Å²) in [5, 5.41) is 4.33. The largest absolute Gasteiger partial charge is 0.481 e. The number of fused-ring (bicyclic) bond motifs is 1. The van der Waals surface area contributed by atoms with E-state index in [2.05, 4.69) is 15.1 Å². The van der Waals surface area contributed by atoms with Crippen molar-refractivity contribution in [2.45, 2.75) is 6.54 Å². The molecular weight excluding hydrogens is 244 g/mol. The second-order valence-corrected chi connectivity index (χ2v) is 4.23. The lowest BCUT2D eigenvalue weighted by Crippen LogP contribution is -2.06. The van der Waals surface area contributed by atoms with Crippen molar-refractivity contribution in [2.75, 3.05) is 12.8 Å². The van der Waals surface area contributed by atoms with Crippen molar-refractivity contribution >= 4 is 17.1 Å². The number of rotatable bonds is 3. The summed E-state index contributed by atoms with van der Waals surface area (Å²) >= 11 is 0. The summed E-state index contributed by atoms with van der Waals surface area (Å²) in [5.41, 5.74) is 8.28. The number of nitrogens with zero attached hydrogens (tertiary/aromatic N) is 5. The average molecular weight is 258 g/mol. The van der Waals surface area contributed by atoms with E-state index in [0.717, 1.165) is 11.2 Å². The maximum Gasteiger partial charge on any atom is 0.215 e. The van der Waals surface area contributed by atoms with E-state index in [0.29, 0.717) is 24.0 Å². The van der Waals surface area contributed by atoms with E-state index in [1.54, 1.807) is 17.9 Å². The van der Waals surface area contributed by atoms with Crippen LogP contribution in [0.1, 0.15) is 5.69 Å². The molecule has 0 fully saturated rings. The lowest BCUT2D eigenvalue weighted by atomic mass is 10.4. The zero-order valence-electron chi connectivity index (χ0n) is 10.7. The predicted molar refractivity (Wildman–Crippen MR) is 70.8 cm³/mol. The maximum atomic E-state index is 5.94. The Morgan fingerprint density at radius 2 is 2.11 bits per heavy atom. The Kier molecular flexibility index (Phi) is 2.59. The van der Waals surface area contributed by atoms with E-state index in [1.165, 1.54) is 0 Å². The minimum absolute atomic E-state index is 0.418. The smallest absolute Gasteiger partial charge is 0.215 e. The standard InChI is InChI=1S/C12H14N6O/c1-17-6-5-8(16-17)7-18-11-9(14-12(18)13)3-4-10(15-11)19-2/h3-6H,7H2,1-2H3,(H2,13,14). The van der Waals surface area contributed by atoms with Crippen molar-refractivity contribution in [1.82, 2.24) is 24.3 Å². The van der Waals surface area contributed by atoms with Crippen molar-refractivity contribution in [1.29, 1.82) is 0 Å². The third kappa shape index (κ3) is 1.99. The number of pyridine rings is 1. The van der Waals surface area contributed by atoms with Gasteiger partial charge in [-0.2, -0.15) is 10.1 Å². The second kappa shape index (κ2) is 4.27. The molecule has 0 saturated carbocycles. The zero-order valence-corrected chi connectivity index (χ0v) is 10.7. The summed E-state index contributed by atoms with van der Waals surface area (Å²) in [6, 6.07) is 5.54. The SMILES string of the molecule is COc1ccc2nc(N)n(Cc3ccn(C)n3)c2n1. The highest BCUT2D eigenvalue weighted by molar-refractivity contribution is 5.74. The van der Waals surface area contributed by atoms with Crippen LogP contribution in [0.3, 0.4) is 0 Å². The van der Waals surface area contributed by atoms with Crippen molar-refractivity contribution in [3.05, 3.63) is 30.1 Å². The Labute approximate surface area is 109 Å². The zero-order chi connectivity index (χ0) is 13.4. The number of nitrogens with two attached hydrogens (primary N) is 1. The first kappa shape index (κ1) is 11.5. The number of ether oxygens (including phenoxy) is 1. The summed E-state index contributed by atoms with van der Waals surface area (Å²) < 4.78 is 8.70. The van der Waals surface area contributed by atoms with Crippen LogP contribution in [0.4, 0.5) is 5.95 Å². The fourth-order valence-electron chi connectivity index (χ4n) is 1.98. The van der Waals surface area contributed by atoms with Gasteiger partial charge in [0.1, 0.15) is 5.52 Å². The van der Waals surface area contributed by atoms with Crippen LogP contribution in [-0.4, -0.2) is 31.4 Å². The first-order valence-electron chi connectivity index (χ1n) is 5.82. The van der Waals surface area contributed by atoms with E-state index >= 15 is 0 Å². The fourth-order valence-corrected chi connectivity index (χ4v) is 1.98. The van der Waals surface area contributed by atoms with Gasteiger partial charge in [-0.1, -0.05) is 0 Å². The Morgan fingerprint density at radius 1 is 1.26 bits per heavy atom. The molecule has 3 rings (SSSR count). The maximum absolute atomic E-state index is 5.94. The molecule has 2 N–H and O–H groups in total. The van der Waals surface area contributed by atoms with Gasteiger partial charge in [-0.05, 0) is 12.1 Å². The van der Waals surface area contributed by atoms with Crippen LogP contribution in [0.15, 0.2) is 24.4 Å². The van der Waals surface area contributed by atoms with Gasteiger partial charge in [0.05, 0.1) is 19.3 Å². The molecule has 7 nitrogen and oxygen atoms in total. The van der Waals surface area contributed by atoms with Crippen molar-refractivity contribution in [3.8, 4) is 5.88 Å². The van der Waals surface area contributed by atoms with Gasteiger partial charge in [0, 0.05) is 19.3 Å². The molecule has 0 saturated heterocycles. The second-order valence-electron chi connectivity index (χ2n) is 4.23. The van der Waals surface area contributed by atoms with Crippen LogP contribution in [0.25, 0.3) is 11.2 Å². The molecular formula is C12H14N6O. The lowest BCUT2D eigenvalue weighted by Gasteiger charge is -2.04. The molecule has 19 heavy (non-hydrogen) atoms. The number of aromatic nitrogens is 5. The topological polar surface area (TPSA) is 83.8 Å². The third-order valence-corrected chi connectivity index (χ3v) is 2.89. The molecule has 0 aliphatic carbocycles. The number of hydrogen-bond donors (Lipinski definition) is 1. The predicted octanol–water partition coefficient (Wildman–Crippen LogP) is 0.804. The fraction of sp³-hybridized carbons (Fsp3) is 0.250. The van der Waals surface area contributed by atoms with E-state index in [9.17, 15) is 0 Å². The summed E-state index contributed by atoms with van der Waals surface area (Å²) in [7, 11) is 3.46. The number of imidazole rings is 1. The number of hydrogen-bond acceptors (Lipinski definition) is 5. The summed E-state index contributed by atoms with van der Waals surface area (Å²) in [6.07, 6.45) is 1.89. The van der Waals surface area contributed by atoms with E-state index in [-0.39, 0.29) is 0 Å². The number of anilines is 1. The van der Waals surface area contributed by atoms with Gasteiger partial charge in [0.15, 0.2) is 5.65 Å². The third-order valence-electron chi connectivity index (χ3n) is 2.89. The van der Waals surface area contributed by atoms with Gasteiger partial charge in [0.2, 0.25) is 11.8 Å². The number of nitrogen functional groups attached to an aromatic ring is 1. The molecule has 3 aromatic rings. The summed E-state index contributed by atoms with van der Waals surface area (Å²) in [4.78, 5) is 8.66. The van der Waals surface area contributed by atoms with Crippen molar-refractivity contribution < 1.29 is 4.74 Å². The Balaban J connectivity index is 2.08. The molecule has 0 spiro atoms. The van der Waals surface area contributed by atoms with Gasteiger partial charge < -0.3 is 10.5 Å². The molecule has 0 unspecified atom stereocenters. The molecule has 0 aromatic carbocycles. The minimum atomic E-state index is 0.418. The molecule has 7 heteroatoms. The first-order valence-corrected chi connectivity index (χ1v) is 5.82. The molecule has 0 amide bonds. The summed E-state index contributed by atoms with van der Waals surface area (Å²) in [5.74, 6) is 0.955. The first-order chi connectivity index (χ1) is 9.17. The van der Waals surface area contributed by atoms with Crippen LogP contribution in [0.2, 0.25) is 0 Å². The van der Waals surface area contributed by atoms with Crippen LogP contribution in [-0.2, 0) is 13.6 Å². The summed E-state index contributed by atoms with van der Waals surface area (Å²) in [6.45, 7) is 0.531. The van der Waals surface area contributed by atoms with Crippen molar-refractivity contribution in [3.63, 3.8) is 0 Å². The van der Waals surface area contributed by atoms with Gasteiger partial charge >= 0.3 is 0 Å². The molecule has 0 bridgehead atoms. The van der Waals surface area contributed by atoms with Gasteiger partial charge in [0.25, 0.3) is 0 Å². The highest BCUT2D eigenvalue weighted by atomic mass is 16.5. The monoisotopic (exact) mass is 258 g/mol. The minimum Gasteiger partial charge on any atom is -0.481 e. The van der Waals surface area contributed by atoms with Crippen LogP contribution < -0.4 is 10.5 Å². The Morgan fingerprint density at radius 3 is 2.79 bits per heavy atom. The number of aryl methyl sites for hydroxylation is 1. The highest BCUT2D eigenvalue weighted by Gasteiger charge is 2.12. The lowest BCUT2D eigenvalue weighted by molar-refractivity contribution is 0.399. The molecule has 0 aliphatic rings. The molecule has 0 radical (unpaired) electrons. The van der Waals surface area contributed by atoms with E-state index in [1.807, 2.05) is 29.9 Å². The molecule has 0 aliphatic heterocycles. The van der Waals surface area contributed by atoms with E-state index < -0.39 is 0 Å². The molecule has 98 valence electrons. The normalized spacial score (nSPS) is 11.1. The number of methoxy groups -OCH3 is 1. The van der Waals surface area contributed by atoms with Crippen LogP contribution >= 0.6 is 0 Å². The highest BCUT2D eigenvalue weighted by Crippen LogP contribution is 2.20. The Bertz CT molecular complexity index is 729. The van der Waals surface area contributed by atoms with Crippen molar-refractivity contribution in [2.24, 2.45) is 7.05 Å².